The summed E-state index contributed by atoms with van der Waals surface area (Å²) in [5.41, 5.74) is 0.800. The second-order valence-corrected chi connectivity index (χ2v) is 5.92. The number of methoxy groups -OCH3 is 1. The van der Waals surface area contributed by atoms with Crippen LogP contribution in [0.2, 0.25) is 0 Å². The summed E-state index contributed by atoms with van der Waals surface area (Å²) in [7, 11) is 1.50. The van der Waals surface area contributed by atoms with Crippen LogP contribution >= 0.6 is 15.9 Å². The lowest BCUT2D eigenvalue weighted by atomic mass is 10.1. The number of nitrogens with one attached hydrogen (secondary N) is 1. The predicted octanol–water partition coefficient (Wildman–Crippen LogP) is 2.61. The molecule has 0 heterocycles. The summed E-state index contributed by atoms with van der Waals surface area (Å²) >= 11 is 3.27. The van der Waals surface area contributed by atoms with Crippen molar-refractivity contribution in [3.05, 3.63) is 64.1 Å². The zero-order chi connectivity index (χ0) is 18.2. The maximum atomic E-state index is 12.0. The van der Waals surface area contributed by atoms with Crippen LogP contribution in [0.3, 0.4) is 0 Å². The van der Waals surface area contributed by atoms with Crippen LogP contribution in [0, 0.1) is 0 Å². The number of Topliss-reactive ketones (excluding diaryl/α,β-unsaturated/α-hetero) is 1. The van der Waals surface area contributed by atoms with Crippen LogP contribution in [-0.2, 0) is 9.53 Å². The largest absolute Gasteiger partial charge is 0.497 e. The zero-order valence-corrected chi connectivity index (χ0v) is 15.0. The third-order valence-corrected chi connectivity index (χ3v) is 3.78. The molecule has 0 fully saturated rings. The monoisotopic (exact) mass is 405 g/mol. The van der Waals surface area contributed by atoms with E-state index in [1.54, 1.807) is 48.5 Å². The van der Waals surface area contributed by atoms with Gasteiger partial charge >= 0.3 is 5.97 Å². The van der Waals surface area contributed by atoms with E-state index in [-0.39, 0.29) is 18.9 Å². The Morgan fingerprint density at radius 3 is 2.44 bits per heavy atom. The minimum Gasteiger partial charge on any atom is -0.497 e. The Morgan fingerprint density at radius 2 is 1.76 bits per heavy atom. The number of carbonyl (C=O) groups excluding carboxylic acids is 3. The molecule has 0 aliphatic heterocycles. The van der Waals surface area contributed by atoms with E-state index in [2.05, 4.69) is 21.2 Å². The average Bonchev–Trinajstić information content (AvgIpc) is 2.64. The molecular formula is C18H16BrNO5. The van der Waals surface area contributed by atoms with E-state index in [0.29, 0.717) is 16.9 Å². The van der Waals surface area contributed by atoms with E-state index in [1.165, 1.54) is 7.11 Å². The number of halogens is 1. The molecule has 7 heteroatoms. The Morgan fingerprint density at radius 1 is 1.04 bits per heavy atom. The zero-order valence-electron chi connectivity index (χ0n) is 13.5. The highest BCUT2D eigenvalue weighted by atomic mass is 79.9. The molecule has 0 atom stereocenters. The van der Waals surface area contributed by atoms with Gasteiger partial charge in [0, 0.05) is 15.6 Å². The lowest BCUT2D eigenvalue weighted by molar-refractivity contribution is -0.141. The van der Waals surface area contributed by atoms with Crippen molar-refractivity contribution in [1.82, 2.24) is 5.32 Å². The molecule has 2 aromatic carbocycles. The minimum absolute atomic E-state index is 0.319. The van der Waals surface area contributed by atoms with Crippen molar-refractivity contribution in [2.45, 2.75) is 0 Å². The number of ketones is 1. The molecule has 1 amide bonds. The van der Waals surface area contributed by atoms with E-state index in [9.17, 15) is 14.4 Å². The molecule has 0 aliphatic carbocycles. The second-order valence-electron chi connectivity index (χ2n) is 5.01. The Balaban J connectivity index is 1.79. The molecule has 0 bridgehead atoms. The van der Waals surface area contributed by atoms with Crippen molar-refractivity contribution in [2.24, 2.45) is 0 Å². The van der Waals surface area contributed by atoms with Crippen LogP contribution < -0.4 is 10.1 Å². The fourth-order valence-electron chi connectivity index (χ4n) is 1.94. The smallest absolute Gasteiger partial charge is 0.325 e. The van der Waals surface area contributed by atoms with Gasteiger partial charge in [-0.2, -0.15) is 0 Å². The average molecular weight is 406 g/mol. The second kappa shape index (κ2) is 8.98. The maximum Gasteiger partial charge on any atom is 0.325 e. The van der Waals surface area contributed by atoms with E-state index < -0.39 is 11.9 Å². The van der Waals surface area contributed by atoms with E-state index in [0.717, 1.165) is 4.47 Å². The molecule has 0 unspecified atom stereocenters. The molecule has 0 saturated carbocycles. The van der Waals surface area contributed by atoms with Crippen LogP contribution in [-0.4, -0.2) is 37.9 Å². The lowest BCUT2D eigenvalue weighted by Gasteiger charge is -2.07. The maximum absolute atomic E-state index is 12.0. The van der Waals surface area contributed by atoms with Crippen molar-refractivity contribution < 1.29 is 23.9 Å². The SMILES string of the molecule is COc1cccc(C(=O)NCC(=O)OCC(=O)c2ccc(Br)cc2)c1. The van der Waals surface area contributed by atoms with Crippen molar-refractivity contribution in [3.63, 3.8) is 0 Å². The number of rotatable bonds is 7. The van der Waals surface area contributed by atoms with Gasteiger partial charge in [-0.3, -0.25) is 14.4 Å². The summed E-state index contributed by atoms with van der Waals surface area (Å²) in [6.07, 6.45) is 0. The molecule has 0 spiro atoms. The quantitative estimate of drug-likeness (QED) is 0.565. The minimum atomic E-state index is -0.693. The topological polar surface area (TPSA) is 81.7 Å². The number of hydrogen-bond donors (Lipinski definition) is 1. The van der Waals surface area contributed by atoms with Crippen molar-refractivity contribution >= 4 is 33.6 Å². The van der Waals surface area contributed by atoms with E-state index >= 15 is 0 Å². The van der Waals surface area contributed by atoms with Crippen molar-refractivity contribution in [1.29, 1.82) is 0 Å². The van der Waals surface area contributed by atoms with Crippen LogP contribution in [0.15, 0.2) is 53.0 Å². The number of ether oxygens (including phenoxy) is 2. The van der Waals surface area contributed by atoms with Gasteiger partial charge in [0.2, 0.25) is 0 Å². The van der Waals surface area contributed by atoms with Crippen LogP contribution in [0.4, 0.5) is 0 Å². The number of hydrogen-bond acceptors (Lipinski definition) is 5. The van der Waals surface area contributed by atoms with Crippen molar-refractivity contribution in [2.75, 3.05) is 20.3 Å². The summed E-state index contributed by atoms with van der Waals surface area (Å²) in [5.74, 6) is -0.910. The Labute approximate surface area is 153 Å². The standard InChI is InChI=1S/C18H16BrNO5/c1-24-15-4-2-3-13(9-15)18(23)20-10-17(22)25-11-16(21)12-5-7-14(19)8-6-12/h2-9H,10-11H2,1H3,(H,20,23). The number of esters is 1. The van der Waals surface area contributed by atoms with E-state index in [4.69, 9.17) is 9.47 Å². The molecule has 0 aliphatic rings. The normalized spacial score (nSPS) is 10.0. The summed E-state index contributed by atoms with van der Waals surface area (Å²) < 4.78 is 10.8. The molecule has 2 aromatic rings. The molecule has 0 saturated heterocycles. The molecule has 6 nitrogen and oxygen atoms in total. The first-order valence-corrected chi connectivity index (χ1v) is 8.15. The van der Waals surface area contributed by atoms with Gasteiger partial charge in [0.25, 0.3) is 5.91 Å². The van der Waals surface area contributed by atoms with Crippen LogP contribution in [0.5, 0.6) is 5.75 Å². The summed E-state index contributed by atoms with van der Waals surface area (Å²) in [6.45, 7) is -0.709. The van der Waals surface area contributed by atoms with Gasteiger partial charge in [0.05, 0.1) is 7.11 Å². The molecule has 25 heavy (non-hydrogen) atoms. The van der Waals surface area contributed by atoms with Gasteiger partial charge in [0.1, 0.15) is 12.3 Å². The predicted molar refractivity (Wildman–Crippen MR) is 94.8 cm³/mol. The molecule has 1 N–H and O–H groups in total. The van der Waals surface area contributed by atoms with Crippen LogP contribution in [0.1, 0.15) is 20.7 Å². The Bertz CT molecular complexity index is 773. The summed E-state index contributed by atoms with van der Waals surface area (Å²) in [6, 6.07) is 13.2. The van der Waals surface area contributed by atoms with Gasteiger partial charge in [-0.05, 0) is 30.3 Å². The van der Waals surface area contributed by atoms with Gasteiger partial charge in [-0.15, -0.1) is 0 Å². The molecule has 2 rings (SSSR count). The Hall–Kier alpha value is -2.67. The highest BCUT2D eigenvalue weighted by molar-refractivity contribution is 9.10. The summed E-state index contributed by atoms with van der Waals surface area (Å²) in [4.78, 5) is 35.5. The fourth-order valence-corrected chi connectivity index (χ4v) is 2.20. The molecule has 0 aromatic heterocycles. The van der Waals surface area contributed by atoms with Gasteiger partial charge in [0.15, 0.2) is 12.4 Å². The highest BCUT2D eigenvalue weighted by Gasteiger charge is 2.12. The number of carbonyl (C=O) groups is 3. The number of benzene rings is 2. The van der Waals surface area contributed by atoms with Gasteiger partial charge < -0.3 is 14.8 Å². The first-order valence-electron chi connectivity index (χ1n) is 7.36. The first kappa shape index (κ1) is 18.7. The van der Waals surface area contributed by atoms with Crippen LogP contribution in [0.25, 0.3) is 0 Å². The number of amides is 1. The third-order valence-electron chi connectivity index (χ3n) is 3.26. The van der Waals surface area contributed by atoms with Crippen molar-refractivity contribution in [3.8, 4) is 5.75 Å². The summed E-state index contributed by atoms with van der Waals surface area (Å²) in [5, 5.41) is 2.43. The highest BCUT2D eigenvalue weighted by Crippen LogP contribution is 2.12. The van der Waals surface area contributed by atoms with Gasteiger partial charge in [-0.1, -0.05) is 34.1 Å². The molecule has 130 valence electrons. The van der Waals surface area contributed by atoms with E-state index in [1.807, 2.05) is 0 Å². The first-order chi connectivity index (χ1) is 12.0. The molecular weight excluding hydrogens is 390 g/mol. The third kappa shape index (κ3) is 5.72. The van der Waals surface area contributed by atoms with Gasteiger partial charge in [-0.25, -0.2) is 0 Å². The lowest BCUT2D eigenvalue weighted by Crippen LogP contribution is -2.31. The Kier molecular flexibility index (Phi) is 6.71. The fraction of sp³-hybridized carbons (Fsp3) is 0.167. The molecule has 0 radical (unpaired) electrons.